The number of nitrogens with zero attached hydrogens (tertiary/aromatic N) is 1. The maximum atomic E-state index is 12.5. The molecule has 0 bridgehead atoms. The van der Waals surface area contributed by atoms with Gasteiger partial charge in [-0.2, -0.15) is 0 Å². The smallest absolute Gasteiger partial charge is 0.229 e. The Kier molecular flexibility index (Phi) is 5.02. The first-order valence-electron chi connectivity index (χ1n) is 7.98. The van der Waals surface area contributed by atoms with Gasteiger partial charge in [0, 0.05) is 23.7 Å². The fourth-order valence-electron chi connectivity index (χ4n) is 2.85. The summed E-state index contributed by atoms with van der Waals surface area (Å²) in [4.78, 5) is 26.6. The third-order valence-electron chi connectivity index (χ3n) is 4.48. The van der Waals surface area contributed by atoms with E-state index < -0.39 is 5.92 Å². The van der Waals surface area contributed by atoms with Crippen LogP contribution >= 0.6 is 23.2 Å². The Hall–Kier alpha value is -2.04. The number of nitrogens with one attached hydrogen (secondary N) is 1. The van der Waals surface area contributed by atoms with Gasteiger partial charge in [-0.25, -0.2) is 0 Å². The van der Waals surface area contributed by atoms with E-state index in [0.29, 0.717) is 22.3 Å². The Bertz CT molecular complexity index is 851. The quantitative estimate of drug-likeness (QED) is 0.850. The first-order chi connectivity index (χ1) is 11.8. The SMILES string of the molecule is Cc1ccc(N2CC(C(=O)Nc3cc(Cl)ccc3Cl)CC2=O)cc1C. The molecular weight excluding hydrogens is 359 g/mol. The molecule has 2 aromatic rings. The molecule has 2 aromatic carbocycles. The van der Waals surface area contributed by atoms with E-state index in [-0.39, 0.29) is 18.2 Å². The lowest BCUT2D eigenvalue weighted by Crippen LogP contribution is -2.28. The molecule has 1 unspecified atom stereocenters. The van der Waals surface area contributed by atoms with E-state index >= 15 is 0 Å². The third-order valence-corrected chi connectivity index (χ3v) is 5.05. The Morgan fingerprint density at radius 1 is 1.12 bits per heavy atom. The number of hydrogen-bond acceptors (Lipinski definition) is 2. The van der Waals surface area contributed by atoms with Crippen molar-refractivity contribution in [1.82, 2.24) is 0 Å². The molecule has 0 spiro atoms. The van der Waals surface area contributed by atoms with Crippen molar-refractivity contribution in [3.05, 3.63) is 57.6 Å². The predicted octanol–water partition coefficient (Wildman–Crippen LogP) is 4.60. The van der Waals surface area contributed by atoms with Crippen LogP contribution in [0, 0.1) is 19.8 Å². The first kappa shape index (κ1) is 17.8. The molecule has 130 valence electrons. The zero-order chi connectivity index (χ0) is 18.1. The largest absolute Gasteiger partial charge is 0.324 e. The number of carbonyl (C=O) groups is 2. The number of halogens is 2. The van der Waals surface area contributed by atoms with Gasteiger partial charge in [-0.05, 0) is 55.3 Å². The summed E-state index contributed by atoms with van der Waals surface area (Å²) >= 11 is 12.0. The maximum absolute atomic E-state index is 12.5. The minimum atomic E-state index is -0.427. The number of rotatable bonds is 3. The van der Waals surface area contributed by atoms with Crippen LogP contribution in [0.15, 0.2) is 36.4 Å². The van der Waals surface area contributed by atoms with E-state index in [1.165, 1.54) is 5.56 Å². The molecule has 1 N–H and O–H groups in total. The van der Waals surface area contributed by atoms with E-state index in [0.717, 1.165) is 11.3 Å². The van der Waals surface area contributed by atoms with Gasteiger partial charge in [-0.3, -0.25) is 9.59 Å². The minimum Gasteiger partial charge on any atom is -0.324 e. The summed E-state index contributed by atoms with van der Waals surface area (Å²) < 4.78 is 0. The standard InChI is InChI=1S/C19H18Cl2N2O2/c1-11-3-5-15(7-12(11)2)23-10-13(8-18(23)24)19(25)22-17-9-14(20)4-6-16(17)21/h3-7,9,13H,8,10H2,1-2H3,(H,22,25). The van der Waals surface area contributed by atoms with Crippen LogP contribution in [0.25, 0.3) is 0 Å². The first-order valence-corrected chi connectivity index (χ1v) is 8.74. The van der Waals surface area contributed by atoms with Crippen molar-refractivity contribution in [3.8, 4) is 0 Å². The summed E-state index contributed by atoms with van der Waals surface area (Å²) in [6.45, 7) is 4.38. The van der Waals surface area contributed by atoms with Gasteiger partial charge in [0.05, 0.1) is 16.6 Å². The fourth-order valence-corrected chi connectivity index (χ4v) is 3.19. The van der Waals surface area contributed by atoms with Crippen LogP contribution in [0.1, 0.15) is 17.5 Å². The lowest BCUT2D eigenvalue weighted by atomic mass is 10.1. The topological polar surface area (TPSA) is 49.4 Å². The summed E-state index contributed by atoms with van der Waals surface area (Å²) in [5, 5.41) is 3.67. The Morgan fingerprint density at radius 2 is 1.88 bits per heavy atom. The number of amides is 2. The third kappa shape index (κ3) is 3.80. The van der Waals surface area contributed by atoms with E-state index in [1.807, 2.05) is 32.0 Å². The number of hydrogen-bond donors (Lipinski definition) is 1. The molecule has 1 saturated heterocycles. The van der Waals surface area contributed by atoms with Crippen LogP contribution in [-0.2, 0) is 9.59 Å². The summed E-state index contributed by atoms with van der Waals surface area (Å²) in [7, 11) is 0. The monoisotopic (exact) mass is 376 g/mol. The molecule has 3 rings (SSSR count). The van der Waals surface area contributed by atoms with Crippen molar-refractivity contribution in [2.45, 2.75) is 20.3 Å². The minimum absolute atomic E-state index is 0.0550. The Balaban J connectivity index is 1.74. The van der Waals surface area contributed by atoms with Crippen LogP contribution in [0.4, 0.5) is 11.4 Å². The Morgan fingerprint density at radius 3 is 2.60 bits per heavy atom. The van der Waals surface area contributed by atoms with E-state index in [9.17, 15) is 9.59 Å². The average molecular weight is 377 g/mol. The van der Waals surface area contributed by atoms with Crippen molar-refractivity contribution in [3.63, 3.8) is 0 Å². The summed E-state index contributed by atoms with van der Waals surface area (Å²) in [5.41, 5.74) is 3.56. The highest BCUT2D eigenvalue weighted by Gasteiger charge is 2.35. The molecule has 0 aliphatic carbocycles. The highest BCUT2D eigenvalue weighted by atomic mass is 35.5. The summed E-state index contributed by atoms with van der Waals surface area (Å²) in [6, 6.07) is 10.7. The van der Waals surface area contributed by atoms with Crippen LogP contribution < -0.4 is 10.2 Å². The van der Waals surface area contributed by atoms with Crippen molar-refractivity contribution in [2.24, 2.45) is 5.92 Å². The molecule has 2 amide bonds. The van der Waals surface area contributed by atoms with Crippen LogP contribution in [0.3, 0.4) is 0 Å². The van der Waals surface area contributed by atoms with Gasteiger partial charge in [0.1, 0.15) is 0 Å². The van der Waals surface area contributed by atoms with Gasteiger partial charge in [0.25, 0.3) is 0 Å². The summed E-state index contributed by atoms with van der Waals surface area (Å²) in [6.07, 6.45) is 0.178. The van der Waals surface area contributed by atoms with Crippen LogP contribution in [0.5, 0.6) is 0 Å². The van der Waals surface area contributed by atoms with Gasteiger partial charge in [-0.1, -0.05) is 29.3 Å². The molecule has 4 nitrogen and oxygen atoms in total. The van der Waals surface area contributed by atoms with Crippen LogP contribution in [-0.4, -0.2) is 18.4 Å². The predicted molar refractivity (Wildman–Crippen MR) is 101 cm³/mol. The average Bonchev–Trinajstić information content (AvgIpc) is 2.95. The molecule has 0 aromatic heterocycles. The van der Waals surface area contributed by atoms with E-state index in [4.69, 9.17) is 23.2 Å². The van der Waals surface area contributed by atoms with E-state index in [2.05, 4.69) is 5.32 Å². The zero-order valence-electron chi connectivity index (χ0n) is 14.0. The number of anilines is 2. The molecule has 1 fully saturated rings. The Labute approximate surface area is 156 Å². The fraction of sp³-hybridized carbons (Fsp3) is 0.263. The second-order valence-electron chi connectivity index (χ2n) is 6.29. The molecule has 25 heavy (non-hydrogen) atoms. The maximum Gasteiger partial charge on any atom is 0.229 e. The molecule has 0 saturated carbocycles. The number of aryl methyl sites for hydroxylation is 2. The highest BCUT2D eigenvalue weighted by Crippen LogP contribution is 2.29. The number of benzene rings is 2. The molecular formula is C19H18Cl2N2O2. The second-order valence-corrected chi connectivity index (χ2v) is 7.13. The molecule has 6 heteroatoms. The summed E-state index contributed by atoms with van der Waals surface area (Å²) in [5.74, 6) is -0.714. The highest BCUT2D eigenvalue weighted by molar-refractivity contribution is 6.35. The van der Waals surface area contributed by atoms with Crippen molar-refractivity contribution >= 4 is 46.4 Å². The second kappa shape index (κ2) is 7.06. The van der Waals surface area contributed by atoms with Crippen molar-refractivity contribution < 1.29 is 9.59 Å². The molecule has 1 aliphatic rings. The molecule has 0 radical (unpaired) electrons. The van der Waals surface area contributed by atoms with Gasteiger partial charge >= 0.3 is 0 Å². The van der Waals surface area contributed by atoms with Gasteiger partial charge in [0.2, 0.25) is 11.8 Å². The molecule has 1 aliphatic heterocycles. The van der Waals surface area contributed by atoms with Crippen molar-refractivity contribution in [1.29, 1.82) is 0 Å². The van der Waals surface area contributed by atoms with Gasteiger partial charge < -0.3 is 10.2 Å². The molecule has 1 heterocycles. The number of carbonyl (C=O) groups excluding carboxylic acids is 2. The van der Waals surface area contributed by atoms with Crippen LogP contribution in [0.2, 0.25) is 10.0 Å². The lowest BCUT2D eigenvalue weighted by Gasteiger charge is -2.18. The lowest BCUT2D eigenvalue weighted by molar-refractivity contribution is -0.122. The zero-order valence-corrected chi connectivity index (χ0v) is 15.5. The van der Waals surface area contributed by atoms with Gasteiger partial charge in [-0.15, -0.1) is 0 Å². The van der Waals surface area contributed by atoms with E-state index in [1.54, 1.807) is 23.1 Å². The molecule has 1 atom stereocenters. The van der Waals surface area contributed by atoms with Crippen molar-refractivity contribution in [2.75, 3.05) is 16.8 Å². The normalized spacial score (nSPS) is 17.0. The van der Waals surface area contributed by atoms with Gasteiger partial charge in [0.15, 0.2) is 0 Å².